The fourth-order valence-corrected chi connectivity index (χ4v) is 5.96. The van der Waals surface area contributed by atoms with E-state index in [0.717, 1.165) is 47.2 Å². The first-order valence-electron chi connectivity index (χ1n) is 10.1. The van der Waals surface area contributed by atoms with Gasteiger partial charge in [-0.2, -0.15) is 0 Å². The van der Waals surface area contributed by atoms with Crippen LogP contribution in [0, 0.1) is 5.92 Å². The Hall–Kier alpha value is -1.80. The molecule has 1 unspecified atom stereocenters. The molecule has 1 aliphatic heterocycles. The van der Waals surface area contributed by atoms with Crippen LogP contribution in [0.2, 0.25) is 5.02 Å². The Bertz CT molecular complexity index is 1010. The van der Waals surface area contributed by atoms with Crippen molar-refractivity contribution in [2.45, 2.75) is 23.7 Å². The van der Waals surface area contributed by atoms with E-state index in [2.05, 4.69) is 45.5 Å². The van der Waals surface area contributed by atoms with Gasteiger partial charge < -0.3 is 11.1 Å². The summed E-state index contributed by atoms with van der Waals surface area (Å²) >= 11 is 9.18. The summed E-state index contributed by atoms with van der Waals surface area (Å²) in [5.74, 6) is 0.901. The minimum atomic E-state index is 0.0463. The number of benzene rings is 2. The third-order valence-electron chi connectivity index (χ3n) is 5.27. The maximum Gasteiger partial charge on any atom is 0.230 e. The molecular weight excluding hydrogens is 436 g/mol. The second-order valence-electron chi connectivity index (χ2n) is 7.62. The van der Waals surface area contributed by atoms with Crippen molar-refractivity contribution in [3.05, 3.63) is 53.1 Å². The first-order valence-corrected chi connectivity index (χ1v) is 12.3. The molecule has 1 saturated heterocycles. The Morgan fingerprint density at radius 3 is 2.97 bits per heavy atom. The van der Waals surface area contributed by atoms with Gasteiger partial charge in [-0.15, -0.1) is 11.3 Å². The van der Waals surface area contributed by atoms with Gasteiger partial charge >= 0.3 is 0 Å². The monoisotopic (exact) mass is 460 g/mol. The Labute approximate surface area is 190 Å². The topological polar surface area (TPSA) is 71.2 Å². The smallest absolute Gasteiger partial charge is 0.230 e. The lowest BCUT2D eigenvalue weighted by molar-refractivity contribution is -0.118. The Morgan fingerprint density at radius 2 is 2.13 bits per heavy atom. The molecule has 0 spiro atoms. The number of amides is 1. The second kappa shape index (κ2) is 10.0. The highest BCUT2D eigenvalue weighted by atomic mass is 35.5. The van der Waals surface area contributed by atoms with Crippen LogP contribution in [0.5, 0.6) is 0 Å². The summed E-state index contributed by atoms with van der Waals surface area (Å²) < 4.78 is 1.71. The van der Waals surface area contributed by atoms with E-state index in [9.17, 15) is 4.79 Å². The molecule has 8 heteroatoms. The van der Waals surface area contributed by atoms with E-state index in [1.54, 1.807) is 6.07 Å². The normalized spacial score (nSPS) is 17.3. The molecule has 1 fully saturated rings. The van der Waals surface area contributed by atoms with Crippen molar-refractivity contribution in [1.82, 2.24) is 15.2 Å². The van der Waals surface area contributed by atoms with Gasteiger partial charge in [-0.05, 0) is 43.0 Å². The van der Waals surface area contributed by atoms with E-state index >= 15 is 0 Å². The van der Waals surface area contributed by atoms with Crippen molar-refractivity contribution < 1.29 is 4.79 Å². The van der Waals surface area contributed by atoms with Crippen LogP contribution in [-0.4, -0.2) is 41.2 Å². The van der Waals surface area contributed by atoms with Crippen LogP contribution in [-0.2, 0) is 11.3 Å². The largest absolute Gasteiger partial charge is 0.397 e. The van der Waals surface area contributed by atoms with E-state index in [1.807, 2.05) is 6.07 Å². The Balaban J connectivity index is 1.23. The number of thioether (sulfide) groups is 1. The average molecular weight is 461 g/mol. The standard InChI is InChI=1S/C22H25ClN4OS2/c23-20-17(24)8-9-18-21(20)30-22(26-18)29-14-19(28)25-11-16-7-4-10-27(13-16)12-15-5-2-1-3-6-15/h1-3,5-6,8-9,16H,4,7,10-14,24H2,(H,25,28). The summed E-state index contributed by atoms with van der Waals surface area (Å²) in [6.45, 7) is 3.86. The zero-order chi connectivity index (χ0) is 20.9. The molecule has 3 N–H and O–H groups in total. The van der Waals surface area contributed by atoms with Crippen molar-refractivity contribution in [2.75, 3.05) is 31.1 Å². The molecule has 5 nitrogen and oxygen atoms in total. The lowest BCUT2D eigenvalue weighted by atomic mass is 9.97. The molecule has 1 aliphatic rings. The highest BCUT2D eigenvalue weighted by Crippen LogP contribution is 2.36. The summed E-state index contributed by atoms with van der Waals surface area (Å²) in [4.78, 5) is 19.4. The fourth-order valence-electron chi connectivity index (χ4n) is 3.76. The minimum absolute atomic E-state index is 0.0463. The summed E-state index contributed by atoms with van der Waals surface area (Å²) in [6, 6.07) is 14.2. The number of nitrogen functional groups attached to an aromatic ring is 1. The second-order valence-corrected chi connectivity index (χ2v) is 10.2. The zero-order valence-corrected chi connectivity index (χ0v) is 19.0. The molecule has 0 radical (unpaired) electrons. The molecule has 0 bridgehead atoms. The van der Waals surface area contributed by atoms with E-state index < -0.39 is 0 Å². The number of likely N-dealkylation sites (tertiary alicyclic amines) is 1. The van der Waals surface area contributed by atoms with Crippen LogP contribution >= 0.6 is 34.7 Å². The number of nitrogens with one attached hydrogen (secondary N) is 1. The van der Waals surface area contributed by atoms with Crippen molar-refractivity contribution in [2.24, 2.45) is 5.92 Å². The van der Waals surface area contributed by atoms with E-state index in [-0.39, 0.29) is 5.91 Å². The molecule has 1 amide bonds. The number of hydrogen-bond donors (Lipinski definition) is 2. The van der Waals surface area contributed by atoms with Crippen molar-refractivity contribution in [3.63, 3.8) is 0 Å². The van der Waals surface area contributed by atoms with Gasteiger partial charge in [0.05, 0.1) is 26.7 Å². The SMILES string of the molecule is Nc1ccc2nc(SCC(=O)NCC3CCCN(Cc4ccccc4)C3)sc2c1Cl. The van der Waals surface area contributed by atoms with Gasteiger partial charge in [0.25, 0.3) is 0 Å². The van der Waals surface area contributed by atoms with E-state index in [4.69, 9.17) is 17.3 Å². The number of carbonyl (C=O) groups excluding carboxylic acids is 1. The highest BCUT2D eigenvalue weighted by molar-refractivity contribution is 8.01. The van der Waals surface area contributed by atoms with Crippen LogP contribution in [0.3, 0.4) is 0 Å². The van der Waals surface area contributed by atoms with Gasteiger partial charge in [0, 0.05) is 19.6 Å². The quantitative estimate of drug-likeness (QED) is 0.396. The molecule has 2 aromatic carbocycles. The van der Waals surface area contributed by atoms with Crippen molar-refractivity contribution in [3.8, 4) is 0 Å². The third-order valence-corrected chi connectivity index (χ3v) is 8.02. The molecule has 2 heterocycles. The van der Waals surface area contributed by atoms with Gasteiger partial charge in [-0.1, -0.05) is 53.7 Å². The maximum absolute atomic E-state index is 12.4. The summed E-state index contributed by atoms with van der Waals surface area (Å²) in [5.41, 5.74) is 8.57. The molecular formula is C22H25ClN4OS2. The first-order chi connectivity index (χ1) is 14.6. The number of fused-ring (bicyclic) bond motifs is 1. The van der Waals surface area contributed by atoms with Gasteiger partial charge in [-0.3, -0.25) is 9.69 Å². The predicted octanol–water partition coefficient (Wildman–Crippen LogP) is 4.65. The number of thiazole rings is 1. The Morgan fingerprint density at radius 1 is 1.30 bits per heavy atom. The maximum atomic E-state index is 12.4. The summed E-state index contributed by atoms with van der Waals surface area (Å²) in [6.07, 6.45) is 2.34. The van der Waals surface area contributed by atoms with Crippen LogP contribution in [0.4, 0.5) is 5.69 Å². The van der Waals surface area contributed by atoms with E-state index in [1.165, 1.54) is 35.1 Å². The number of carbonyl (C=O) groups is 1. The first kappa shape index (κ1) is 21.4. The molecule has 0 saturated carbocycles. The Kier molecular flexibility index (Phi) is 7.15. The third kappa shape index (κ3) is 5.46. The van der Waals surface area contributed by atoms with Gasteiger partial charge in [-0.25, -0.2) is 4.98 Å². The van der Waals surface area contributed by atoms with Gasteiger partial charge in [0.2, 0.25) is 5.91 Å². The lowest BCUT2D eigenvalue weighted by Gasteiger charge is -2.32. The minimum Gasteiger partial charge on any atom is -0.397 e. The molecule has 0 aliphatic carbocycles. The zero-order valence-electron chi connectivity index (χ0n) is 16.6. The number of nitrogens with two attached hydrogens (primary N) is 1. The predicted molar refractivity (Wildman–Crippen MR) is 127 cm³/mol. The summed E-state index contributed by atoms with van der Waals surface area (Å²) in [5, 5.41) is 3.65. The molecule has 158 valence electrons. The number of rotatable bonds is 7. The van der Waals surface area contributed by atoms with Crippen LogP contribution in [0.1, 0.15) is 18.4 Å². The molecule has 4 rings (SSSR count). The fraction of sp³-hybridized carbons (Fsp3) is 0.364. The molecule has 1 atom stereocenters. The molecule has 30 heavy (non-hydrogen) atoms. The number of anilines is 1. The number of piperidine rings is 1. The van der Waals surface area contributed by atoms with Crippen molar-refractivity contribution in [1.29, 1.82) is 0 Å². The van der Waals surface area contributed by atoms with Crippen LogP contribution in [0.25, 0.3) is 10.2 Å². The van der Waals surface area contributed by atoms with Crippen LogP contribution in [0.15, 0.2) is 46.8 Å². The van der Waals surface area contributed by atoms with Crippen LogP contribution < -0.4 is 11.1 Å². The number of halogens is 1. The average Bonchev–Trinajstić information content (AvgIpc) is 3.18. The van der Waals surface area contributed by atoms with Gasteiger partial charge in [0.15, 0.2) is 4.34 Å². The number of aromatic nitrogens is 1. The van der Waals surface area contributed by atoms with Crippen molar-refractivity contribution >= 4 is 56.5 Å². The highest BCUT2D eigenvalue weighted by Gasteiger charge is 2.20. The van der Waals surface area contributed by atoms with Gasteiger partial charge in [0.1, 0.15) is 0 Å². The molecule has 1 aromatic heterocycles. The number of hydrogen-bond acceptors (Lipinski definition) is 6. The lowest BCUT2D eigenvalue weighted by Crippen LogP contribution is -2.40. The number of nitrogens with zero attached hydrogens (tertiary/aromatic N) is 2. The molecule has 3 aromatic rings. The van der Waals surface area contributed by atoms with E-state index in [0.29, 0.717) is 22.4 Å². The summed E-state index contributed by atoms with van der Waals surface area (Å²) in [7, 11) is 0.